The van der Waals surface area contributed by atoms with Gasteiger partial charge in [0.1, 0.15) is 0 Å². The number of rotatable bonds is 3. The van der Waals surface area contributed by atoms with Gasteiger partial charge >= 0.3 is 7.05 Å². The molecule has 0 spiro atoms. The number of hydrogen-bond acceptors (Lipinski definition) is 2. The lowest BCUT2D eigenvalue weighted by molar-refractivity contribution is 0.336. The molecule has 1 saturated heterocycles. The quantitative estimate of drug-likeness (QED) is 0.648. The van der Waals surface area contributed by atoms with Crippen LogP contribution in [0.25, 0.3) is 0 Å². The van der Waals surface area contributed by atoms with Gasteiger partial charge in [-0.25, -0.2) is 0 Å². The van der Waals surface area contributed by atoms with Crippen molar-refractivity contribution in [2.45, 2.75) is 46.0 Å². The lowest BCUT2D eigenvalue weighted by Crippen LogP contribution is -2.40. The van der Waals surface area contributed by atoms with Crippen molar-refractivity contribution in [2.24, 2.45) is 5.92 Å². The Morgan fingerprint density at radius 3 is 2.42 bits per heavy atom. The summed E-state index contributed by atoms with van der Waals surface area (Å²) in [5.74, 6) is 0.810. The molecule has 0 aromatic rings. The van der Waals surface area contributed by atoms with Crippen LogP contribution in [0.4, 0.5) is 0 Å². The zero-order chi connectivity index (χ0) is 9.14. The highest BCUT2D eigenvalue weighted by Gasteiger charge is 2.33. The van der Waals surface area contributed by atoms with Crippen LogP contribution in [0.2, 0.25) is 6.82 Å². The van der Waals surface area contributed by atoms with E-state index in [9.17, 15) is 5.02 Å². The molecular weight excluding hydrogens is 149 g/mol. The maximum absolute atomic E-state index is 9.49. The van der Waals surface area contributed by atoms with Crippen molar-refractivity contribution in [3.05, 3.63) is 0 Å². The van der Waals surface area contributed by atoms with E-state index in [0.29, 0.717) is 6.04 Å². The van der Waals surface area contributed by atoms with E-state index in [0.717, 1.165) is 12.5 Å². The zero-order valence-electron chi connectivity index (χ0n) is 8.45. The van der Waals surface area contributed by atoms with Gasteiger partial charge in [0.2, 0.25) is 0 Å². The van der Waals surface area contributed by atoms with E-state index in [-0.39, 0.29) is 7.05 Å². The molecule has 0 aromatic heterocycles. The summed E-state index contributed by atoms with van der Waals surface area (Å²) < 4.78 is 0. The Hall–Kier alpha value is -0.0151. The molecule has 0 aliphatic carbocycles. The second-order valence-corrected chi connectivity index (χ2v) is 3.90. The van der Waals surface area contributed by atoms with E-state index in [4.69, 9.17) is 0 Å². The van der Waals surface area contributed by atoms with Crippen molar-refractivity contribution in [1.29, 1.82) is 0 Å². The number of hydrogen-bond donors (Lipinski definition) is 1. The summed E-state index contributed by atoms with van der Waals surface area (Å²) in [6.45, 7) is 7.41. The lowest BCUT2D eigenvalue weighted by Gasteiger charge is -2.23. The summed E-state index contributed by atoms with van der Waals surface area (Å²) in [6, 6.07) is 0.620. The van der Waals surface area contributed by atoms with E-state index >= 15 is 0 Å². The van der Waals surface area contributed by atoms with Crippen LogP contribution in [0.5, 0.6) is 0 Å². The standard InChI is InChI=1S/C9H20BNO/c1-4-8-6-9(5-2)11(7-8)10(3)12/h8-9,12H,4-7H2,1-3H3/t8-,9-/m1/s1. The maximum Gasteiger partial charge on any atom is 0.376 e. The van der Waals surface area contributed by atoms with Crippen LogP contribution in [0, 0.1) is 5.92 Å². The second-order valence-electron chi connectivity index (χ2n) is 3.90. The highest BCUT2D eigenvalue weighted by molar-refractivity contribution is 6.45. The topological polar surface area (TPSA) is 23.5 Å². The minimum absolute atomic E-state index is 0.258. The zero-order valence-corrected chi connectivity index (χ0v) is 8.45. The van der Waals surface area contributed by atoms with E-state index in [1.807, 2.05) is 6.82 Å². The first kappa shape index (κ1) is 10.1. The largest absolute Gasteiger partial charge is 0.437 e. The molecule has 0 unspecified atom stereocenters. The highest BCUT2D eigenvalue weighted by Crippen LogP contribution is 2.27. The van der Waals surface area contributed by atoms with Crippen molar-refractivity contribution in [3.8, 4) is 0 Å². The molecule has 0 bridgehead atoms. The van der Waals surface area contributed by atoms with Crippen LogP contribution in [0.15, 0.2) is 0 Å². The molecule has 2 atom stereocenters. The van der Waals surface area contributed by atoms with Crippen molar-refractivity contribution in [1.82, 2.24) is 4.81 Å². The first-order valence-electron chi connectivity index (χ1n) is 5.12. The van der Waals surface area contributed by atoms with Crippen LogP contribution >= 0.6 is 0 Å². The normalized spacial score (nSPS) is 31.0. The molecule has 70 valence electrons. The molecule has 1 rings (SSSR count). The van der Waals surface area contributed by atoms with Gasteiger partial charge in [-0.3, -0.25) is 0 Å². The summed E-state index contributed by atoms with van der Waals surface area (Å²) in [6.07, 6.45) is 3.69. The van der Waals surface area contributed by atoms with Gasteiger partial charge in [-0.15, -0.1) is 0 Å². The molecule has 3 heteroatoms. The average molecular weight is 169 g/mol. The Labute approximate surface area is 76.1 Å². The molecule has 1 N–H and O–H groups in total. The molecule has 1 aliphatic rings. The van der Waals surface area contributed by atoms with E-state index in [2.05, 4.69) is 18.7 Å². The van der Waals surface area contributed by atoms with Crippen LogP contribution in [0.1, 0.15) is 33.1 Å². The van der Waals surface area contributed by atoms with Gasteiger partial charge in [-0.1, -0.05) is 20.3 Å². The summed E-state index contributed by atoms with van der Waals surface area (Å²) in [5.41, 5.74) is 0. The van der Waals surface area contributed by atoms with Crippen LogP contribution < -0.4 is 0 Å². The van der Waals surface area contributed by atoms with Gasteiger partial charge in [-0.2, -0.15) is 0 Å². The SMILES string of the molecule is CC[C@@H]1C[C@@H](CC)N(B(C)O)C1. The summed E-state index contributed by atoms with van der Waals surface area (Å²) in [7, 11) is -0.258. The van der Waals surface area contributed by atoms with Gasteiger partial charge in [0.25, 0.3) is 0 Å². The molecule has 0 radical (unpaired) electrons. The summed E-state index contributed by atoms with van der Waals surface area (Å²) in [5, 5.41) is 9.49. The van der Waals surface area contributed by atoms with E-state index in [1.54, 1.807) is 0 Å². The Kier molecular flexibility index (Phi) is 3.60. The third kappa shape index (κ3) is 2.02. The van der Waals surface area contributed by atoms with Crippen LogP contribution in [0.3, 0.4) is 0 Å². The van der Waals surface area contributed by atoms with Gasteiger partial charge in [0, 0.05) is 6.04 Å². The third-order valence-corrected chi connectivity index (χ3v) is 3.07. The Morgan fingerprint density at radius 2 is 2.08 bits per heavy atom. The first-order chi connectivity index (χ1) is 5.69. The average Bonchev–Trinajstić information content (AvgIpc) is 2.47. The fraction of sp³-hybridized carbons (Fsp3) is 1.00. The van der Waals surface area contributed by atoms with Crippen molar-refractivity contribution in [2.75, 3.05) is 6.54 Å². The number of nitrogens with zero attached hydrogens (tertiary/aromatic N) is 1. The second kappa shape index (κ2) is 4.29. The minimum atomic E-state index is -0.258. The molecule has 2 nitrogen and oxygen atoms in total. The Balaban J connectivity index is 2.50. The maximum atomic E-state index is 9.49. The van der Waals surface area contributed by atoms with Crippen LogP contribution in [-0.4, -0.2) is 29.5 Å². The van der Waals surface area contributed by atoms with E-state index < -0.39 is 0 Å². The smallest absolute Gasteiger partial charge is 0.376 e. The Morgan fingerprint density at radius 1 is 1.42 bits per heavy atom. The predicted molar refractivity (Wildman–Crippen MR) is 53.0 cm³/mol. The molecular formula is C9H20BNO. The fourth-order valence-electron chi connectivity index (χ4n) is 2.20. The van der Waals surface area contributed by atoms with Crippen molar-refractivity contribution in [3.63, 3.8) is 0 Å². The molecule has 1 aliphatic heterocycles. The molecule has 0 saturated carbocycles. The summed E-state index contributed by atoms with van der Waals surface area (Å²) in [4.78, 5) is 2.23. The first-order valence-corrected chi connectivity index (χ1v) is 5.12. The summed E-state index contributed by atoms with van der Waals surface area (Å²) >= 11 is 0. The fourth-order valence-corrected chi connectivity index (χ4v) is 2.20. The lowest BCUT2D eigenvalue weighted by atomic mass is 9.84. The van der Waals surface area contributed by atoms with E-state index in [1.165, 1.54) is 19.3 Å². The molecule has 0 amide bonds. The predicted octanol–water partition coefficient (Wildman–Crippen LogP) is 1.61. The van der Waals surface area contributed by atoms with Gasteiger partial charge in [0.05, 0.1) is 0 Å². The highest BCUT2D eigenvalue weighted by atomic mass is 16.2. The Bertz CT molecular complexity index is 140. The monoisotopic (exact) mass is 169 g/mol. The van der Waals surface area contributed by atoms with Gasteiger partial charge < -0.3 is 9.83 Å². The van der Waals surface area contributed by atoms with Crippen LogP contribution in [-0.2, 0) is 0 Å². The molecule has 1 heterocycles. The molecule has 1 fully saturated rings. The molecule has 12 heavy (non-hydrogen) atoms. The van der Waals surface area contributed by atoms with Crippen molar-refractivity contribution >= 4 is 7.05 Å². The van der Waals surface area contributed by atoms with Crippen molar-refractivity contribution < 1.29 is 5.02 Å². The van der Waals surface area contributed by atoms with Gasteiger partial charge in [0.15, 0.2) is 0 Å². The third-order valence-electron chi connectivity index (χ3n) is 3.07. The molecule has 0 aromatic carbocycles. The minimum Gasteiger partial charge on any atom is -0.437 e. The van der Waals surface area contributed by atoms with Gasteiger partial charge in [-0.05, 0) is 32.1 Å².